The highest BCUT2D eigenvalue weighted by Gasteiger charge is 2.42. The van der Waals surface area contributed by atoms with E-state index in [2.05, 4.69) is 29.0 Å². The number of rotatable bonds is 5. The number of methoxy groups -OCH3 is 1. The van der Waals surface area contributed by atoms with Gasteiger partial charge in [0.25, 0.3) is 0 Å². The summed E-state index contributed by atoms with van der Waals surface area (Å²) in [5.74, 6) is 0.912. The Bertz CT molecular complexity index is 1580. The molecule has 3 aromatic carbocycles. The first-order chi connectivity index (χ1) is 20.6. The fraction of sp³-hybridized carbons (Fsp3) is 0.353. The number of ether oxygens (including phenoxy) is 1. The summed E-state index contributed by atoms with van der Waals surface area (Å²) in [6.45, 7) is 7.03. The SMILES string of the molecule is COc1ccc(N2CCN(C(=O)CN3c4ccccc4NC4=C(C(=O)CC(C)(C)C4)C3c3ccc(Cl)c(Cl)c3)CC2)cc1. The lowest BCUT2D eigenvalue weighted by Crippen LogP contribution is -2.52. The van der Waals surface area contributed by atoms with Gasteiger partial charge in [0, 0.05) is 49.6 Å². The number of anilines is 3. The molecule has 224 valence electrons. The number of allylic oxidation sites excluding steroid dienone is 1. The fourth-order valence-corrected chi connectivity index (χ4v) is 6.82. The molecule has 2 aliphatic heterocycles. The van der Waals surface area contributed by atoms with Crippen molar-refractivity contribution >= 4 is 52.0 Å². The number of hydrogen-bond acceptors (Lipinski definition) is 6. The first-order valence-electron chi connectivity index (χ1n) is 14.6. The van der Waals surface area contributed by atoms with Gasteiger partial charge in [-0.25, -0.2) is 0 Å². The number of para-hydroxylation sites is 2. The van der Waals surface area contributed by atoms with Crippen molar-refractivity contribution in [1.29, 1.82) is 0 Å². The summed E-state index contributed by atoms with van der Waals surface area (Å²) in [6.07, 6.45) is 1.14. The van der Waals surface area contributed by atoms with Crippen LogP contribution in [0.1, 0.15) is 38.3 Å². The summed E-state index contributed by atoms with van der Waals surface area (Å²) in [4.78, 5) is 34.3. The van der Waals surface area contributed by atoms with E-state index in [-0.39, 0.29) is 23.7 Å². The molecule has 1 N–H and O–H groups in total. The number of piperazine rings is 1. The van der Waals surface area contributed by atoms with E-state index < -0.39 is 6.04 Å². The van der Waals surface area contributed by atoms with E-state index in [4.69, 9.17) is 27.9 Å². The van der Waals surface area contributed by atoms with Crippen LogP contribution in [0.15, 0.2) is 78.0 Å². The minimum absolute atomic E-state index is 0.0156. The van der Waals surface area contributed by atoms with E-state index in [1.165, 1.54) is 0 Å². The number of hydrogen-bond donors (Lipinski definition) is 1. The molecule has 3 aromatic rings. The Morgan fingerprint density at radius 3 is 2.37 bits per heavy atom. The highest BCUT2D eigenvalue weighted by Crippen LogP contribution is 2.48. The lowest BCUT2D eigenvalue weighted by molar-refractivity contribution is -0.130. The molecule has 0 saturated carbocycles. The number of nitrogens with zero attached hydrogens (tertiary/aromatic N) is 3. The van der Waals surface area contributed by atoms with Crippen LogP contribution >= 0.6 is 23.2 Å². The highest BCUT2D eigenvalue weighted by atomic mass is 35.5. The highest BCUT2D eigenvalue weighted by molar-refractivity contribution is 6.42. The Morgan fingerprint density at radius 1 is 0.953 bits per heavy atom. The van der Waals surface area contributed by atoms with Crippen LogP contribution < -0.4 is 19.9 Å². The smallest absolute Gasteiger partial charge is 0.242 e. The lowest BCUT2D eigenvalue weighted by Gasteiger charge is -2.40. The number of halogens is 2. The van der Waals surface area contributed by atoms with Crippen LogP contribution in [-0.2, 0) is 9.59 Å². The predicted octanol–water partition coefficient (Wildman–Crippen LogP) is 6.97. The summed E-state index contributed by atoms with van der Waals surface area (Å²) in [5, 5.41) is 4.46. The zero-order valence-corrected chi connectivity index (χ0v) is 26.2. The monoisotopic (exact) mass is 618 g/mol. The number of carbonyl (C=O) groups is 2. The van der Waals surface area contributed by atoms with Gasteiger partial charge in [-0.2, -0.15) is 0 Å². The number of amides is 1. The van der Waals surface area contributed by atoms with Crippen molar-refractivity contribution < 1.29 is 14.3 Å². The fourth-order valence-electron chi connectivity index (χ4n) is 6.51. The first-order valence-corrected chi connectivity index (χ1v) is 15.4. The van der Waals surface area contributed by atoms with E-state index >= 15 is 0 Å². The molecular formula is C34H36Cl2N4O3. The molecule has 3 aliphatic rings. The van der Waals surface area contributed by atoms with Crippen molar-refractivity contribution in [3.8, 4) is 5.75 Å². The van der Waals surface area contributed by atoms with Crippen LogP contribution in [0.4, 0.5) is 17.1 Å². The van der Waals surface area contributed by atoms with Gasteiger partial charge >= 0.3 is 0 Å². The van der Waals surface area contributed by atoms with E-state index in [9.17, 15) is 9.59 Å². The van der Waals surface area contributed by atoms with Crippen molar-refractivity contribution in [2.24, 2.45) is 5.41 Å². The van der Waals surface area contributed by atoms with Gasteiger partial charge in [0.1, 0.15) is 5.75 Å². The average Bonchev–Trinajstić information content (AvgIpc) is 3.12. The Labute approximate surface area is 263 Å². The molecular weight excluding hydrogens is 583 g/mol. The number of benzene rings is 3. The van der Waals surface area contributed by atoms with Crippen molar-refractivity contribution in [3.05, 3.63) is 93.6 Å². The molecule has 7 nitrogen and oxygen atoms in total. The molecule has 6 rings (SSSR count). The quantitative estimate of drug-likeness (QED) is 0.333. The number of carbonyl (C=O) groups excluding carboxylic acids is 2. The Hall–Kier alpha value is -3.68. The molecule has 1 atom stereocenters. The number of nitrogens with one attached hydrogen (secondary N) is 1. The molecule has 1 fully saturated rings. The summed E-state index contributed by atoms with van der Waals surface area (Å²) < 4.78 is 5.30. The van der Waals surface area contributed by atoms with E-state index in [1.54, 1.807) is 13.2 Å². The van der Waals surface area contributed by atoms with E-state index in [1.807, 2.05) is 65.6 Å². The zero-order valence-electron chi connectivity index (χ0n) is 24.7. The zero-order chi connectivity index (χ0) is 30.3. The van der Waals surface area contributed by atoms with Gasteiger partial charge in [0.15, 0.2) is 5.78 Å². The summed E-state index contributed by atoms with van der Waals surface area (Å²) >= 11 is 12.9. The summed E-state index contributed by atoms with van der Waals surface area (Å²) in [7, 11) is 1.66. The molecule has 1 amide bonds. The third-order valence-corrected chi connectivity index (χ3v) is 9.38. The van der Waals surface area contributed by atoms with Crippen LogP contribution in [0.2, 0.25) is 10.0 Å². The molecule has 0 radical (unpaired) electrons. The number of fused-ring (bicyclic) bond motifs is 1. The molecule has 0 aromatic heterocycles. The second-order valence-corrected chi connectivity index (χ2v) is 13.1. The molecule has 1 aliphatic carbocycles. The second kappa shape index (κ2) is 11.8. The first kappa shape index (κ1) is 29.4. The molecule has 2 heterocycles. The molecule has 43 heavy (non-hydrogen) atoms. The summed E-state index contributed by atoms with van der Waals surface area (Å²) in [6, 6.07) is 21.0. The van der Waals surface area contributed by atoms with Crippen molar-refractivity contribution in [1.82, 2.24) is 4.90 Å². The standard InChI is InChI=1S/C34H36Cl2N4O3/c1-34(2)19-28-32(30(41)20-34)33(22-8-13-25(35)26(36)18-22)40(29-7-5-4-6-27(29)37-28)21-31(42)39-16-14-38(15-17-39)23-9-11-24(43-3)12-10-23/h4-13,18,33,37H,14-17,19-21H2,1-3H3. The van der Waals surface area contributed by atoms with Crippen LogP contribution in [0.3, 0.4) is 0 Å². The van der Waals surface area contributed by atoms with Crippen LogP contribution in [-0.4, -0.2) is 56.4 Å². The third kappa shape index (κ3) is 5.93. The molecule has 1 unspecified atom stereocenters. The van der Waals surface area contributed by atoms with Gasteiger partial charge in [-0.05, 0) is 65.9 Å². The minimum Gasteiger partial charge on any atom is -0.497 e. The van der Waals surface area contributed by atoms with Gasteiger partial charge in [-0.3, -0.25) is 9.59 Å². The number of ketones is 1. The Kier molecular flexibility index (Phi) is 8.05. The summed E-state index contributed by atoms with van der Waals surface area (Å²) in [5.41, 5.74) is 5.07. The lowest BCUT2D eigenvalue weighted by atomic mass is 9.73. The average molecular weight is 620 g/mol. The number of Topliss-reactive ketones (excluding diaryl/α,β-unsaturated/α-hetero) is 1. The molecule has 0 bridgehead atoms. The second-order valence-electron chi connectivity index (χ2n) is 12.2. The largest absolute Gasteiger partial charge is 0.497 e. The van der Waals surface area contributed by atoms with Gasteiger partial charge in [0.05, 0.1) is 41.1 Å². The van der Waals surface area contributed by atoms with Gasteiger partial charge in [0.2, 0.25) is 5.91 Å². The van der Waals surface area contributed by atoms with E-state index in [0.29, 0.717) is 35.1 Å². The third-order valence-electron chi connectivity index (χ3n) is 8.64. The van der Waals surface area contributed by atoms with Crippen LogP contribution in [0.25, 0.3) is 0 Å². The Morgan fingerprint density at radius 2 is 1.67 bits per heavy atom. The maximum Gasteiger partial charge on any atom is 0.242 e. The van der Waals surface area contributed by atoms with Crippen molar-refractivity contribution in [2.75, 3.05) is 55.0 Å². The Balaban J connectivity index is 1.33. The van der Waals surface area contributed by atoms with Gasteiger partial charge in [-0.1, -0.05) is 55.2 Å². The van der Waals surface area contributed by atoms with Gasteiger partial charge < -0.3 is 24.8 Å². The van der Waals surface area contributed by atoms with Crippen molar-refractivity contribution in [3.63, 3.8) is 0 Å². The normalized spacial score (nSPS) is 19.8. The van der Waals surface area contributed by atoms with E-state index in [0.717, 1.165) is 53.6 Å². The molecule has 9 heteroatoms. The van der Waals surface area contributed by atoms with Crippen LogP contribution in [0, 0.1) is 5.41 Å². The topological polar surface area (TPSA) is 65.1 Å². The predicted molar refractivity (Wildman–Crippen MR) is 173 cm³/mol. The minimum atomic E-state index is -0.506. The molecule has 0 spiro atoms. The van der Waals surface area contributed by atoms with Crippen LogP contribution in [0.5, 0.6) is 5.75 Å². The van der Waals surface area contributed by atoms with Crippen molar-refractivity contribution in [2.45, 2.75) is 32.7 Å². The maximum atomic E-state index is 14.0. The van der Waals surface area contributed by atoms with Gasteiger partial charge in [-0.15, -0.1) is 0 Å². The molecule has 1 saturated heterocycles. The maximum absolute atomic E-state index is 14.0.